The highest BCUT2D eigenvalue weighted by Crippen LogP contribution is 2.37. The zero-order chi connectivity index (χ0) is 23.5. The monoisotopic (exact) mass is 464 g/mol. The highest BCUT2D eigenvalue weighted by molar-refractivity contribution is 5.96. The molecule has 0 saturated carbocycles. The number of anilines is 1. The number of nitrogens with zero attached hydrogens (tertiary/aromatic N) is 5. The third kappa shape index (κ3) is 4.46. The van der Waals surface area contributed by atoms with Crippen molar-refractivity contribution in [3.63, 3.8) is 0 Å². The maximum absolute atomic E-state index is 12.7. The fourth-order valence-corrected chi connectivity index (χ4v) is 4.49. The normalized spacial score (nSPS) is 16.9. The smallest absolute Gasteiger partial charge is 0.281 e. The van der Waals surface area contributed by atoms with Crippen LogP contribution < -0.4 is 20.4 Å². The number of pyridine rings is 1. The van der Waals surface area contributed by atoms with Crippen molar-refractivity contribution >= 4 is 22.6 Å². The first-order chi connectivity index (χ1) is 16.6. The SMILES string of the molecule is COc1c(OCC(O)CN2CCCC2)ccc2c3n(c(=NC(=O)c4cccnc4)nc12)CCN3. The largest absolute Gasteiger partial charge is 0.491 e. The van der Waals surface area contributed by atoms with Gasteiger partial charge in [0, 0.05) is 37.4 Å². The number of amides is 1. The summed E-state index contributed by atoms with van der Waals surface area (Å²) in [6, 6.07) is 7.09. The Labute approximate surface area is 196 Å². The first-order valence-electron chi connectivity index (χ1n) is 11.5. The first kappa shape index (κ1) is 22.3. The number of aliphatic hydroxyl groups is 1. The Balaban J connectivity index is 1.49. The van der Waals surface area contributed by atoms with Crippen LogP contribution in [0.2, 0.25) is 0 Å². The minimum Gasteiger partial charge on any atom is -0.491 e. The Bertz CT molecular complexity index is 1250. The van der Waals surface area contributed by atoms with Crippen LogP contribution in [0.3, 0.4) is 0 Å². The number of likely N-dealkylation sites (tertiary alicyclic amines) is 1. The molecule has 0 bridgehead atoms. The second-order valence-electron chi connectivity index (χ2n) is 8.46. The van der Waals surface area contributed by atoms with Crippen LogP contribution in [-0.2, 0) is 6.54 Å². The summed E-state index contributed by atoms with van der Waals surface area (Å²) in [5, 5.41) is 14.6. The van der Waals surface area contributed by atoms with Gasteiger partial charge in [-0.05, 0) is 50.2 Å². The van der Waals surface area contributed by atoms with Gasteiger partial charge in [0.05, 0.1) is 12.7 Å². The van der Waals surface area contributed by atoms with Gasteiger partial charge in [-0.2, -0.15) is 4.99 Å². The number of nitrogens with one attached hydrogen (secondary N) is 1. The second kappa shape index (κ2) is 9.78. The van der Waals surface area contributed by atoms with Gasteiger partial charge in [0.2, 0.25) is 5.62 Å². The standard InChI is InChI=1S/C24H28N6O4/c1-33-21-19(34-15-17(31)14-29-10-2-3-11-29)7-6-18-20(21)27-24(30-12-9-26-22(18)30)28-23(32)16-5-4-8-25-13-16/h4-8,13,17,26,31H,2-3,9-12,14-15H2,1H3. The Morgan fingerprint density at radius 1 is 1.26 bits per heavy atom. The van der Waals surface area contributed by atoms with Crippen LogP contribution >= 0.6 is 0 Å². The van der Waals surface area contributed by atoms with Gasteiger partial charge in [-0.25, -0.2) is 4.98 Å². The summed E-state index contributed by atoms with van der Waals surface area (Å²) in [4.78, 5) is 27.9. The third-order valence-electron chi connectivity index (χ3n) is 6.11. The van der Waals surface area contributed by atoms with E-state index in [1.165, 1.54) is 19.0 Å². The number of ether oxygens (including phenoxy) is 2. The topological polar surface area (TPSA) is 114 Å². The van der Waals surface area contributed by atoms with E-state index in [0.29, 0.717) is 42.2 Å². The van der Waals surface area contributed by atoms with Gasteiger partial charge < -0.3 is 24.8 Å². The van der Waals surface area contributed by atoms with Crippen molar-refractivity contribution in [2.75, 3.05) is 45.2 Å². The molecule has 34 heavy (non-hydrogen) atoms. The summed E-state index contributed by atoms with van der Waals surface area (Å²) >= 11 is 0. The molecule has 1 fully saturated rings. The molecule has 0 radical (unpaired) electrons. The Kier molecular flexibility index (Phi) is 6.41. The Hall–Kier alpha value is -3.50. The number of fused-ring (bicyclic) bond motifs is 3. The molecule has 0 spiro atoms. The van der Waals surface area contributed by atoms with Crippen LogP contribution in [0.25, 0.3) is 10.9 Å². The van der Waals surface area contributed by atoms with Crippen molar-refractivity contribution in [2.24, 2.45) is 4.99 Å². The van der Waals surface area contributed by atoms with Gasteiger partial charge in [0.15, 0.2) is 11.5 Å². The fourth-order valence-electron chi connectivity index (χ4n) is 4.49. The minimum absolute atomic E-state index is 0.146. The van der Waals surface area contributed by atoms with E-state index in [4.69, 9.17) is 14.5 Å². The molecule has 0 aliphatic carbocycles. The molecule has 10 heteroatoms. The van der Waals surface area contributed by atoms with Crippen LogP contribution in [0.15, 0.2) is 41.7 Å². The van der Waals surface area contributed by atoms with Crippen LogP contribution in [0.5, 0.6) is 11.5 Å². The molecule has 5 rings (SSSR count). The van der Waals surface area contributed by atoms with Gasteiger partial charge in [-0.3, -0.25) is 14.3 Å². The lowest BCUT2D eigenvalue weighted by atomic mass is 10.2. The number of aliphatic hydroxyl groups excluding tert-OH is 1. The van der Waals surface area contributed by atoms with Gasteiger partial charge >= 0.3 is 0 Å². The summed E-state index contributed by atoms with van der Waals surface area (Å²) in [5.41, 5.74) is 1.21. The molecule has 2 aliphatic rings. The predicted octanol–water partition coefficient (Wildman–Crippen LogP) is 1.44. The van der Waals surface area contributed by atoms with Crippen molar-refractivity contribution < 1.29 is 19.4 Å². The summed E-state index contributed by atoms with van der Waals surface area (Å²) in [5.74, 6) is 1.32. The van der Waals surface area contributed by atoms with Crippen molar-refractivity contribution in [2.45, 2.75) is 25.5 Å². The number of methoxy groups -OCH3 is 1. The fraction of sp³-hybridized carbons (Fsp3) is 0.417. The van der Waals surface area contributed by atoms with Crippen LogP contribution in [0.4, 0.5) is 5.82 Å². The molecule has 1 unspecified atom stereocenters. The van der Waals surface area contributed by atoms with Crippen molar-refractivity contribution in [1.29, 1.82) is 0 Å². The van der Waals surface area contributed by atoms with E-state index < -0.39 is 12.0 Å². The van der Waals surface area contributed by atoms with Crippen molar-refractivity contribution in [3.8, 4) is 11.5 Å². The summed E-state index contributed by atoms with van der Waals surface area (Å²) in [7, 11) is 1.55. The zero-order valence-electron chi connectivity index (χ0n) is 19.1. The maximum Gasteiger partial charge on any atom is 0.281 e. The van der Waals surface area contributed by atoms with Crippen molar-refractivity contribution in [1.82, 2.24) is 19.4 Å². The molecular weight excluding hydrogens is 436 g/mol. The van der Waals surface area contributed by atoms with E-state index in [9.17, 15) is 9.90 Å². The average molecular weight is 465 g/mol. The number of hydrogen-bond acceptors (Lipinski definition) is 8. The summed E-state index contributed by atoms with van der Waals surface area (Å²) < 4.78 is 13.5. The predicted molar refractivity (Wildman–Crippen MR) is 126 cm³/mol. The van der Waals surface area contributed by atoms with Gasteiger partial charge in [0.1, 0.15) is 24.0 Å². The Morgan fingerprint density at radius 2 is 2.12 bits per heavy atom. The molecule has 1 aromatic carbocycles. The van der Waals surface area contributed by atoms with E-state index in [2.05, 4.69) is 20.2 Å². The molecule has 2 N–H and O–H groups in total. The molecule has 4 heterocycles. The summed E-state index contributed by atoms with van der Waals surface area (Å²) in [6.07, 6.45) is 4.83. The molecule has 3 aromatic rings. The van der Waals surface area contributed by atoms with E-state index in [1.807, 2.05) is 16.7 Å². The van der Waals surface area contributed by atoms with E-state index in [-0.39, 0.29) is 12.2 Å². The zero-order valence-corrected chi connectivity index (χ0v) is 19.1. The molecule has 178 valence electrons. The lowest BCUT2D eigenvalue weighted by molar-refractivity contribution is 0.0748. The quantitative estimate of drug-likeness (QED) is 0.540. The van der Waals surface area contributed by atoms with Crippen molar-refractivity contribution in [3.05, 3.63) is 47.8 Å². The molecule has 1 atom stereocenters. The number of aromatic nitrogens is 3. The number of rotatable bonds is 7. The van der Waals surface area contributed by atoms with E-state index >= 15 is 0 Å². The lowest BCUT2D eigenvalue weighted by Gasteiger charge is -2.20. The maximum atomic E-state index is 12.7. The average Bonchev–Trinajstić information content (AvgIpc) is 3.55. The molecule has 1 amide bonds. The van der Waals surface area contributed by atoms with Crippen LogP contribution in [0.1, 0.15) is 23.2 Å². The van der Waals surface area contributed by atoms with E-state index in [1.54, 1.807) is 25.4 Å². The second-order valence-corrected chi connectivity index (χ2v) is 8.46. The molecule has 2 aliphatic heterocycles. The number of β-amino-alcohol motifs (C(OH)–C–C–N with tert-alkyl or cyclic N) is 1. The van der Waals surface area contributed by atoms with Crippen LogP contribution in [-0.4, -0.2) is 76.4 Å². The third-order valence-corrected chi connectivity index (χ3v) is 6.11. The molecule has 10 nitrogen and oxygen atoms in total. The van der Waals surface area contributed by atoms with Crippen LogP contribution in [0, 0.1) is 0 Å². The first-order valence-corrected chi connectivity index (χ1v) is 11.5. The molecular formula is C24H28N6O4. The van der Waals surface area contributed by atoms with Gasteiger partial charge in [-0.15, -0.1) is 0 Å². The highest BCUT2D eigenvalue weighted by Gasteiger charge is 2.22. The molecule has 2 aromatic heterocycles. The molecule has 1 saturated heterocycles. The number of carbonyl (C=O) groups excluding carboxylic acids is 1. The van der Waals surface area contributed by atoms with Gasteiger partial charge in [0.25, 0.3) is 5.91 Å². The number of benzene rings is 1. The highest BCUT2D eigenvalue weighted by atomic mass is 16.5. The minimum atomic E-state index is -0.605. The summed E-state index contributed by atoms with van der Waals surface area (Å²) in [6.45, 7) is 4.10. The Morgan fingerprint density at radius 3 is 2.88 bits per heavy atom. The number of carbonyl (C=O) groups is 1. The van der Waals surface area contributed by atoms with Gasteiger partial charge in [-0.1, -0.05) is 0 Å². The lowest BCUT2D eigenvalue weighted by Crippen LogP contribution is -2.33. The van der Waals surface area contributed by atoms with E-state index in [0.717, 1.165) is 24.3 Å². The number of hydrogen-bond donors (Lipinski definition) is 2.